The highest BCUT2D eigenvalue weighted by atomic mass is 16.5. The van der Waals surface area contributed by atoms with Gasteiger partial charge in [-0.05, 0) is 19.3 Å². The summed E-state index contributed by atoms with van der Waals surface area (Å²) in [6, 6.07) is 0.121. The quantitative estimate of drug-likeness (QED) is 0.760. The Labute approximate surface area is 83.5 Å². The van der Waals surface area contributed by atoms with Gasteiger partial charge in [0, 0.05) is 30.6 Å². The van der Waals surface area contributed by atoms with Crippen LogP contribution >= 0.6 is 0 Å². The lowest BCUT2D eigenvalue weighted by molar-refractivity contribution is 0.177. The van der Waals surface area contributed by atoms with Crippen LogP contribution in [0.25, 0.3) is 0 Å². The average Bonchev–Trinajstić information content (AvgIpc) is 2.18. The lowest BCUT2D eigenvalue weighted by Gasteiger charge is -2.20. The van der Waals surface area contributed by atoms with Crippen molar-refractivity contribution in [3.8, 4) is 0 Å². The van der Waals surface area contributed by atoms with Crippen molar-refractivity contribution in [2.45, 2.75) is 31.9 Å². The van der Waals surface area contributed by atoms with Crippen molar-refractivity contribution in [3.05, 3.63) is 23.3 Å². The molecule has 4 heteroatoms. The lowest BCUT2D eigenvalue weighted by atomic mass is 9.93. The molecular formula is C10H15N3O. The van der Waals surface area contributed by atoms with Crippen LogP contribution in [0.1, 0.15) is 36.0 Å². The zero-order chi connectivity index (χ0) is 9.97. The minimum atomic E-state index is 0.121. The summed E-state index contributed by atoms with van der Waals surface area (Å²) in [6.45, 7) is 0.475. The summed E-state index contributed by atoms with van der Waals surface area (Å²) in [4.78, 5) is 8.65. The number of aromatic nitrogens is 2. The molecule has 1 aliphatic rings. The van der Waals surface area contributed by atoms with Crippen LogP contribution < -0.4 is 5.73 Å². The fourth-order valence-corrected chi connectivity index (χ4v) is 1.82. The van der Waals surface area contributed by atoms with Crippen molar-refractivity contribution in [1.29, 1.82) is 0 Å². The minimum absolute atomic E-state index is 0.121. The highest BCUT2D eigenvalue weighted by Gasteiger charge is 2.18. The van der Waals surface area contributed by atoms with Gasteiger partial charge in [-0.1, -0.05) is 0 Å². The second-order valence-corrected chi connectivity index (χ2v) is 3.62. The average molecular weight is 193 g/mol. The Balaban J connectivity index is 2.29. The van der Waals surface area contributed by atoms with Crippen molar-refractivity contribution in [2.24, 2.45) is 5.73 Å². The third-order valence-corrected chi connectivity index (χ3v) is 2.55. The van der Waals surface area contributed by atoms with Crippen LogP contribution in [0.3, 0.4) is 0 Å². The predicted molar refractivity (Wildman–Crippen MR) is 52.6 cm³/mol. The highest BCUT2D eigenvalue weighted by Crippen LogP contribution is 2.25. The van der Waals surface area contributed by atoms with Gasteiger partial charge in [0.1, 0.15) is 6.61 Å². The van der Waals surface area contributed by atoms with Gasteiger partial charge in [-0.3, -0.25) is 0 Å². The van der Waals surface area contributed by atoms with Gasteiger partial charge in [0.25, 0.3) is 0 Å². The van der Waals surface area contributed by atoms with E-state index in [4.69, 9.17) is 10.5 Å². The Hall–Kier alpha value is -1.00. The number of ether oxygens (including phenoxy) is 1. The first-order valence-corrected chi connectivity index (χ1v) is 4.90. The summed E-state index contributed by atoms with van der Waals surface area (Å²) in [5.74, 6) is 0.750. The Morgan fingerprint density at radius 2 is 2.50 bits per heavy atom. The number of rotatable bonds is 2. The smallest absolute Gasteiger partial charge is 0.154 e. The summed E-state index contributed by atoms with van der Waals surface area (Å²) in [6.07, 6.45) is 5.03. The van der Waals surface area contributed by atoms with E-state index < -0.39 is 0 Å². The monoisotopic (exact) mass is 193 g/mol. The van der Waals surface area contributed by atoms with E-state index in [1.165, 1.54) is 0 Å². The summed E-state index contributed by atoms with van der Waals surface area (Å²) in [5.41, 5.74) is 8.17. The molecule has 0 aliphatic heterocycles. The van der Waals surface area contributed by atoms with Crippen molar-refractivity contribution >= 4 is 0 Å². The number of methoxy groups -OCH3 is 1. The number of hydrogen-bond acceptors (Lipinski definition) is 4. The molecule has 0 spiro atoms. The maximum Gasteiger partial charge on any atom is 0.154 e. The van der Waals surface area contributed by atoms with Crippen molar-refractivity contribution in [3.63, 3.8) is 0 Å². The van der Waals surface area contributed by atoms with Crippen LogP contribution in [0.2, 0.25) is 0 Å². The zero-order valence-electron chi connectivity index (χ0n) is 8.36. The van der Waals surface area contributed by atoms with Crippen LogP contribution in [0, 0.1) is 0 Å². The number of nitrogens with two attached hydrogens (primary N) is 1. The Kier molecular flexibility index (Phi) is 2.74. The summed E-state index contributed by atoms with van der Waals surface area (Å²) >= 11 is 0. The van der Waals surface area contributed by atoms with Crippen LogP contribution in [0.15, 0.2) is 6.20 Å². The van der Waals surface area contributed by atoms with Gasteiger partial charge in [-0.25, -0.2) is 9.97 Å². The van der Waals surface area contributed by atoms with E-state index in [2.05, 4.69) is 9.97 Å². The van der Waals surface area contributed by atoms with Crippen LogP contribution in [-0.4, -0.2) is 17.1 Å². The first-order valence-electron chi connectivity index (χ1n) is 4.90. The fraction of sp³-hybridized carbons (Fsp3) is 0.600. The van der Waals surface area contributed by atoms with Gasteiger partial charge in [-0.2, -0.15) is 0 Å². The lowest BCUT2D eigenvalue weighted by Crippen LogP contribution is -2.19. The molecular weight excluding hydrogens is 178 g/mol. The van der Waals surface area contributed by atoms with Gasteiger partial charge in [-0.15, -0.1) is 0 Å². The van der Waals surface area contributed by atoms with Crippen molar-refractivity contribution < 1.29 is 4.74 Å². The first kappa shape index (κ1) is 9.55. The Bertz CT molecular complexity index is 327. The zero-order valence-corrected chi connectivity index (χ0v) is 8.36. The van der Waals surface area contributed by atoms with E-state index in [0.717, 1.165) is 36.3 Å². The number of hydrogen-bond donors (Lipinski definition) is 1. The molecule has 1 heterocycles. The van der Waals surface area contributed by atoms with Gasteiger partial charge in [0.05, 0.1) is 0 Å². The molecule has 0 radical (unpaired) electrons. The molecule has 0 saturated heterocycles. The second-order valence-electron chi connectivity index (χ2n) is 3.62. The minimum Gasteiger partial charge on any atom is -0.377 e. The molecule has 1 atom stereocenters. The summed E-state index contributed by atoms with van der Waals surface area (Å²) < 4.78 is 4.99. The molecule has 0 amide bonds. The fourth-order valence-electron chi connectivity index (χ4n) is 1.82. The van der Waals surface area contributed by atoms with E-state index in [-0.39, 0.29) is 6.04 Å². The maximum absolute atomic E-state index is 5.96. The molecule has 1 unspecified atom stereocenters. The van der Waals surface area contributed by atoms with E-state index in [1.807, 2.05) is 6.20 Å². The molecule has 2 rings (SSSR count). The first-order chi connectivity index (χ1) is 6.81. The molecule has 1 aromatic rings. The number of fused-ring (bicyclic) bond motifs is 1. The molecule has 0 saturated carbocycles. The summed E-state index contributed by atoms with van der Waals surface area (Å²) in [7, 11) is 1.65. The molecule has 1 aliphatic carbocycles. The van der Waals surface area contributed by atoms with E-state index >= 15 is 0 Å². The SMILES string of the molecule is COCc1ncc2c(n1)CCCC2N. The standard InChI is InChI=1S/C10H15N3O/c1-14-6-10-12-5-7-8(11)3-2-4-9(7)13-10/h5,8H,2-4,6,11H2,1H3. The molecule has 2 N–H and O–H groups in total. The normalized spacial score (nSPS) is 20.6. The predicted octanol–water partition coefficient (Wildman–Crippen LogP) is 0.959. The molecule has 0 aromatic carbocycles. The Morgan fingerprint density at radius 1 is 1.64 bits per heavy atom. The maximum atomic E-state index is 5.96. The Morgan fingerprint density at radius 3 is 3.29 bits per heavy atom. The molecule has 1 aromatic heterocycles. The number of nitrogens with zero attached hydrogens (tertiary/aromatic N) is 2. The largest absolute Gasteiger partial charge is 0.377 e. The van der Waals surface area contributed by atoms with E-state index in [0.29, 0.717) is 6.61 Å². The molecule has 4 nitrogen and oxygen atoms in total. The molecule has 0 fully saturated rings. The molecule has 76 valence electrons. The van der Waals surface area contributed by atoms with Crippen molar-refractivity contribution in [1.82, 2.24) is 9.97 Å². The number of aryl methyl sites for hydroxylation is 1. The topological polar surface area (TPSA) is 61.0 Å². The van der Waals surface area contributed by atoms with Crippen molar-refractivity contribution in [2.75, 3.05) is 7.11 Å². The summed E-state index contributed by atoms with van der Waals surface area (Å²) in [5, 5.41) is 0. The van der Waals surface area contributed by atoms with Gasteiger partial charge in [0.2, 0.25) is 0 Å². The van der Waals surface area contributed by atoms with Crippen LogP contribution in [0.4, 0.5) is 0 Å². The second kappa shape index (κ2) is 4.02. The third-order valence-electron chi connectivity index (χ3n) is 2.55. The van der Waals surface area contributed by atoms with Crippen LogP contribution in [0.5, 0.6) is 0 Å². The van der Waals surface area contributed by atoms with Crippen LogP contribution in [-0.2, 0) is 17.8 Å². The van der Waals surface area contributed by atoms with E-state index in [1.54, 1.807) is 7.11 Å². The molecule has 0 bridgehead atoms. The van der Waals surface area contributed by atoms with E-state index in [9.17, 15) is 0 Å². The third kappa shape index (κ3) is 1.76. The molecule has 14 heavy (non-hydrogen) atoms. The van der Waals surface area contributed by atoms with Gasteiger partial charge in [0.15, 0.2) is 5.82 Å². The highest BCUT2D eigenvalue weighted by molar-refractivity contribution is 5.23. The van der Waals surface area contributed by atoms with Gasteiger partial charge >= 0.3 is 0 Å². The van der Waals surface area contributed by atoms with Gasteiger partial charge < -0.3 is 10.5 Å².